The fourth-order valence-corrected chi connectivity index (χ4v) is 5.41. The van der Waals surface area contributed by atoms with E-state index in [1.165, 1.54) is 22.7 Å². The summed E-state index contributed by atoms with van der Waals surface area (Å²) in [5.74, 6) is 1.38. The van der Waals surface area contributed by atoms with Gasteiger partial charge < -0.3 is 14.7 Å². The Morgan fingerprint density at radius 1 is 0.610 bits per heavy atom. The zero-order chi connectivity index (χ0) is 27.9. The van der Waals surface area contributed by atoms with Crippen molar-refractivity contribution in [1.29, 1.82) is 0 Å². The van der Waals surface area contributed by atoms with Crippen LogP contribution >= 0.6 is 22.7 Å². The van der Waals surface area contributed by atoms with Crippen molar-refractivity contribution in [2.45, 2.75) is 13.2 Å². The molecular weight excluding hydrogens is 555 g/mol. The van der Waals surface area contributed by atoms with E-state index in [4.69, 9.17) is 9.47 Å². The summed E-state index contributed by atoms with van der Waals surface area (Å²) >= 11 is 3.06. The van der Waals surface area contributed by atoms with Crippen LogP contribution in [0, 0.1) is 0 Å². The standard InChI is InChI=1S/C31H23N5O3S2/c37-36-31(21-7-11-23(12-8-21)38-17-29-34-27(19-40-29)25-5-1-3-15-32-25)22-9-13-24(14-10-22)39-18-30-35-28(20-41-30)26-6-2-4-16-33-26/h1-16,19-20,37H,17-18H2. The number of oxime groups is 1. The molecule has 202 valence electrons. The van der Waals surface area contributed by atoms with Gasteiger partial charge >= 0.3 is 0 Å². The molecule has 0 saturated carbocycles. The van der Waals surface area contributed by atoms with E-state index in [0.717, 1.165) is 43.9 Å². The molecule has 2 aromatic carbocycles. The van der Waals surface area contributed by atoms with Gasteiger partial charge in [0.1, 0.15) is 40.4 Å². The Morgan fingerprint density at radius 2 is 1.07 bits per heavy atom. The van der Waals surface area contributed by atoms with Gasteiger partial charge in [-0.25, -0.2) is 9.97 Å². The van der Waals surface area contributed by atoms with Crippen LogP contribution in [0.3, 0.4) is 0 Å². The molecule has 10 heteroatoms. The quantitative estimate of drug-likeness (QED) is 0.105. The third-order valence-electron chi connectivity index (χ3n) is 6.04. The first-order valence-electron chi connectivity index (χ1n) is 12.7. The summed E-state index contributed by atoms with van der Waals surface area (Å²) in [5, 5.41) is 19.0. The van der Waals surface area contributed by atoms with E-state index in [-0.39, 0.29) is 0 Å². The number of thiazole rings is 2. The molecule has 0 aliphatic carbocycles. The number of pyridine rings is 2. The van der Waals surface area contributed by atoms with Gasteiger partial charge in [-0.3, -0.25) is 9.97 Å². The minimum Gasteiger partial charge on any atom is -0.486 e. The smallest absolute Gasteiger partial charge is 0.140 e. The number of hydrogen-bond acceptors (Lipinski definition) is 10. The largest absolute Gasteiger partial charge is 0.486 e. The van der Waals surface area contributed by atoms with Gasteiger partial charge in [0.15, 0.2) is 0 Å². The lowest BCUT2D eigenvalue weighted by Crippen LogP contribution is -2.04. The van der Waals surface area contributed by atoms with Crippen LogP contribution in [0.1, 0.15) is 21.1 Å². The first-order chi connectivity index (χ1) is 20.2. The molecule has 1 N–H and O–H groups in total. The number of benzene rings is 2. The highest BCUT2D eigenvalue weighted by atomic mass is 32.1. The highest BCUT2D eigenvalue weighted by molar-refractivity contribution is 7.10. The van der Waals surface area contributed by atoms with Crippen LogP contribution < -0.4 is 9.47 Å². The Morgan fingerprint density at radius 3 is 1.46 bits per heavy atom. The Kier molecular flexibility index (Phi) is 8.02. The molecule has 0 bridgehead atoms. The highest BCUT2D eigenvalue weighted by Crippen LogP contribution is 2.24. The van der Waals surface area contributed by atoms with Crippen molar-refractivity contribution in [1.82, 2.24) is 19.9 Å². The first-order valence-corrected chi connectivity index (χ1v) is 14.4. The Hall–Kier alpha value is -4.93. The van der Waals surface area contributed by atoms with E-state index >= 15 is 0 Å². The van der Waals surface area contributed by atoms with Gasteiger partial charge in [0.25, 0.3) is 0 Å². The van der Waals surface area contributed by atoms with Crippen molar-refractivity contribution in [3.63, 3.8) is 0 Å². The number of aromatic nitrogens is 4. The predicted molar refractivity (Wildman–Crippen MR) is 160 cm³/mol. The molecule has 6 aromatic rings. The lowest BCUT2D eigenvalue weighted by molar-refractivity contribution is 0.305. The zero-order valence-electron chi connectivity index (χ0n) is 21.6. The summed E-state index contributed by atoms with van der Waals surface area (Å²) < 4.78 is 11.8. The van der Waals surface area contributed by atoms with Gasteiger partial charge in [0.2, 0.25) is 0 Å². The van der Waals surface area contributed by atoms with Gasteiger partial charge in [0, 0.05) is 34.3 Å². The molecular formula is C31H23N5O3S2. The van der Waals surface area contributed by atoms with Crippen LogP contribution in [-0.4, -0.2) is 30.9 Å². The third-order valence-corrected chi connectivity index (χ3v) is 7.68. The summed E-state index contributed by atoms with van der Waals surface area (Å²) in [6.07, 6.45) is 3.50. The average Bonchev–Trinajstić information content (AvgIpc) is 3.72. The summed E-state index contributed by atoms with van der Waals surface area (Å²) in [4.78, 5) is 17.9. The second-order valence-electron chi connectivity index (χ2n) is 8.76. The van der Waals surface area contributed by atoms with E-state index in [9.17, 15) is 5.21 Å². The molecule has 0 saturated heterocycles. The molecule has 0 atom stereocenters. The van der Waals surface area contributed by atoms with Crippen LogP contribution in [0.5, 0.6) is 11.5 Å². The molecule has 0 fully saturated rings. The van der Waals surface area contributed by atoms with Crippen molar-refractivity contribution in [2.75, 3.05) is 0 Å². The van der Waals surface area contributed by atoms with E-state index in [2.05, 4.69) is 25.1 Å². The number of hydrogen-bond donors (Lipinski definition) is 1. The van der Waals surface area contributed by atoms with Crippen molar-refractivity contribution >= 4 is 28.4 Å². The predicted octanol–water partition coefficient (Wildman–Crippen LogP) is 7.11. The van der Waals surface area contributed by atoms with Gasteiger partial charge in [0.05, 0.1) is 22.8 Å². The topological polar surface area (TPSA) is 103 Å². The third kappa shape index (κ3) is 6.46. The van der Waals surface area contributed by atoms with Crippen molar-refractivity contribution in [3.8, 4) is 34.3 Å². The van der Waals surface area contributed by atoms with Gasteiger partial charge in [-0.1, -0.05) is 17.3 Å². The molecule has 4 aromatic heterocycles. The Labute approximate surface area is 244 Å². The number of nitrogens with zero attached hydrogens (tertiary/aromatic N) is 5. The SMILES string of the molecule is ON=C(c1ccc(OCc2nc(-c3ccccn3)cs2)cc1)c1ccc(OCc2nc(-c3ccccn3)cs2)cc1. The van der Waals surface area contributed by atoms with Gasteiger partial charge in [-0.15, -0.1) is 22.7 Å². The minimum atomic E-state index is 0.352. The summed E-state index contributed by atoms with van der Waals surface area (Å²) in [5.41, 5.74) is 5.30. The van der Waals surface area contributed by atoms with E-state index in [0.29, 0.717) is 30.4 Å². The first kappa shape index (κ1) is 26.3. The van der Waals surface area contributed by atoms with Crippen molar-refractivity contribution in [2.24, 2.45) is 5.16 Å². The maximum atomic E-state index is 9.77. The van der Waals surface area contributed by atoms with E-state index in [1.807, 2.05) is 95.7 Å². The number of ether oxygens (including phenoxy) is 2. The maximum absolute atomic E-state index is 9.77. The molecule has 0 spiro atoms. The normalized spacial score (nSPS) is 10.7. The van der Waals surface area contributed by atoms with Crippen LogP contribution in [0.25, 0.3) is 22.8 Å². The molecule has 0 unspecified atom stereocenters. The van der Waals surface area contributed by atoms with Crippen LogP contribution in [0.4, 0.5) is 0 Å². The summed E-state index contributed by atoms with van der Waals surface area (Å²) in [6.45, 7) is 0.704. The summed E-state index contributed by atoms with van der Waals surface area (Å²) in [7, 11) is 0. The number of rotatable bonds is 10. The van der Waals surface area contributed by atoms with Crippen LogP contribution in [-0.2, 0) is 13.2 Å². The van der Waals surface area contributed by atoms with Crippen molar-refractivity contribution in [3.05, 3.63) is 129 Å². The lowest BCUT2D eigenvalue weighted by Gasteiger charge is -2.09. The Balaban J connectivity index is 1.04. The van der Waals surface area contributed by atoms with Gasteiger partial charge in [-0.2, -0.15) is 0 Å². The molecule has 0 amide bonds. The van der Waals surface area contributed by atoms with Crippen LogP contribution in [0.2, 0.25) is 0 Å². The maximum Gasteiger partial charge on any atom is 0.140 e. The Bertz CT molecular complexity index is 1610. The molecule has 0 radical (unpaired) electrons. The fraction of sp³-hybridized carbons (Fsp3) is 0.0645. The molecule has 6 rings (SSSR count). The fourth-order valence-electron chi connectivity index (χ4n) is 4.01. The summed E-state index contributed by atoms with van der Waals surface area (Å²) in [6, 6.07) is 26.3. The minimum absolute atomic E-state index is 0.352. The second-order valence-corrected chi connectivity index (χ2v) is 10.6. The molecule has 8 nitrogen and oxygen atoms in total. The monoisotopic (exact) mass is 577 g/mol. The van der Waals surface area contributed by atoms with Crippen molar-refractivity contribution < 1.29 is 14.7 Å². The average molecular weight is 578 g/mol. The van der Waals surface area contributed by atoms with E-state index < -0.39 is 0 Å². The highest BCUT2D eigenvalue weighted by Gasteiger charge is 2.11. The molecule has 0 aliphatic rings. The zero-order valence-corrected chi connectivity index (χ0v) is 23.3. The van der Waals surface area contributed by atoms with E-state index in [1.54, 1.807) is 12.4 Å². The lowest BCUT2D eigenvalue weighted by atomic mass is 10.0. The van der Waals surface area contributed by atoms with Crippen LogP contribution in [0.15, 0.2) is 113 Å². The molecule has 4 heterocycles. The second kappa shape index (κ2) is 12.5. The molecule has 41 heavy (non-hydrogen) atoms. The molecule has 0 aliphatic heterocycles. The van der Waals surface area contributed by atoms with Gasteiger partial charge in [-0.05, 0) is 72.8 Å².